The minimum atomic E-state index is 0.119. The molecule has 1 aromatic rings. The van der Waals surface area contributed by atoms with Crippen LogP contribution in [0.4, 0.5) is 0 Å². The Morgan fingerprint density at radius 3 is 2.53 bits per heavy atom. The maximum absolute atomic E-state index is 6.18. The van der Waals surface area contributed by atoms with E-state index in [9.17, 15) is 0 Å². The highest BCUT2D eigenvalue weighted by molar-refractivity contribution is 6.33. The Morgan fingerprint density at radius 2 is 2.00 bits per heavy atom. The molecule has 0 amide bonds. The summed E-state index contributed by atoms with van der Waals surface area (Å²) >= 11 is 12.2. The van der Waals surface area contributed by atoms with Crippen LogP contribution in [0.25, 0.3) is 0 Å². The van der Waals surface area contributed by atoms with Crippen molar-refractivity contribution in [2.75, 3.05) is 0 Å². The highest BCUT2D eigenvalue weighted by Crippen LogP contribution is 2.53. The van der Waals surface area contributed by atoms with Gasteiger partial charge in [-0.15, -0.1) is 0 Å². The van der Waals surface area contributed by atoms with Gasteiger partial charge >= 0.3 is 0 Å². The molecule has 1 fully saturated rings. The zero-order valence-electron chi connectivity index (χ0n) is 8.93. The van der Waals surface area contributed by atoms with Crippen LogP contribution in [0.15, 0.2) is 18.2 Å². The molecule has 0 aromatic heterocycles. The molecule has 0 radical (unpaired) electrons. The Balaban J connectivity index is 2.35. The van der Waals surface area contributed by atoms with Crippen molar-refractivity contribution in [2.24, 2.45) is 11.1 Å². The molecule has 2 rings (SSSR count). The van der Waals surface area contributed by atoms with E-state index in [1.165, 1.54) is 0 Å². The molecule has 15 heavy (non-hydrogen) atoms. The summed E-state index contributed by atoms with van der Waals surface area (Å²) in [6.45, 7) is 4.37. The van der Waals surface area contributed by atoms with Gasteiger partial charge in [0.05, 0.1) is 0 Å². The summed E-state index contributed by atoms with van der Waals surface area (Å²) in [6, 6.07) is 5.90. The average molecular weight is 244 g/mol. The molecule has 1 aliphatic rings. The molecule has 1 nitrogen and oxygen atoms in total. The van der Waals surface area contributed by atoms with Crippen LogP contribution in [0, 0.1) is 5.41 Å². The zero-order chi connectivity index (χ0) is 11.2. The lowest BCUT2D eigenvalue weighted by atomic mass is 9.57. The summed E-state index contributed by atoms with van der Waals surface area (Å²) in [5.74, 6) is 0.429. The highest BCUT2D eigenvalue weighted by atomic mass is 35.5. The van der Waals surface area contributed by atoms with E-state index < -0.39 is 0 Å². The molecular weight excluding hydrogens is 229 g/mol. The topological polar surface area (TPSA) is 26.0 Å². The normalized spacial score (nSPS) is 28.6. The smallest absolute Gasteiger partial charge is 0.0442 e. The summed E-state index contributed by atoms with van der Waals surface area (Å²) in [5.41, 5.74) is 7.25. The van der Waals surface area contributed by atoms with Gasteiger partial charge in [0.25, 0.3) is 0 Å². The van der Waals surface area contributed by atoms with Gasteiger partial charge < -0.3 is 5.73 Å². The second kappa shape index (κ2) is 3.65. The van der Waals surface area contributed by atoms with E-state index in [1.807, 2.05) is 18.2 Å². The summed E-state index contributed by atoms with van der Waals surface area (Å²) in [4.78, 5) is 0. The van der Waals surface area contributed by atoms with E-state index in [2.05, 4.69) is 13.8 Å². The van der Waals surface area contributed by atoms with Crippen molar-refractivity contribution in [3.8, 4) is 0 Å². The first kappa shape index (κ1) is 11.3. The molecule has 0 saturated heterocycles. The van der Waals surface area contributed by atoms with Crippen molar-refractivity contribution in [1.82, 2.24) is 0 Å². The quantitative estimate of drug-likeness (QED) is 0.798. The van der Waals surface area contributed by atoms with Crippen LogP contribution in [0.2, 0.25) is 10.0 Å². The SMILES string of the molecule is CC1(C)C(N)CC1c1cc(Cl)ccc1Cl. The molecule has 2 N–H and O–H groups in total. The third-order valence-corrected chi connectivity index (χ3v) is 4.26. The second-order valence-corrected chi connectivity index (χ2v) is 5.73. The first-order valence-corrected chi connectivity index (χ1v) is 5.89. The van der Waals surface area contributed by atoms with Gasteiger partial charge in [-0.05, 0) is 41.5 Å². The maximum atomic E-state index is 6.18. The van der Waals surface area contributed by atoms with Crippen molar-refractivity contribution >= 4 is 23.2 Å². The molecule has 0 spiro atoms. The number of hydrogen-bond acceptors (Lipinski definition) is 1. The van der Waals surface area contributed by atoms with Gasteiger partial charge in [0.2, 0.25) is 0 Å². The van der Waals surface area contributed by atoms with Crippen molar-refractivity contribution < 1.29 is 0 Å². The van der Waals surface area contributed by atoms with E-state index in [-0.39, 0.29) is 11.5 Å². The number of benzene rings is 1. The number of nitrogens with two attached hydrogens (primary N) is 1. The number of halogens is 2. The van der Waals surface area contributed by atoms with Gasteiger partial charge in [-0.2, -0.15) is 0 Å². The Kier molecular flexibility index (Phi) is 2.74. The molecule has 0 bridgehead atoms. The van der Waals surface area contributed by atoms with Gasteiger partial charge in [-0.25, -0.2) is 0 Å². The Hall–Kier alpha value is -0.240. The molecule has 1 aromatic carbocycles. The molecular formula is C12H15Cl2N. The minimum Gasteiger partial charge on any atom is -0.327 e. The predicted octanol–water partition coefficient (Wildman–Crippen LogP) is 3.83. The minimum absolute atomic E-state index is 0.119. The maximum Gasteiger partial charge on any atom is 0.0442 e. The van der Waals surface area contributed by atoms with Crippen molar-refractivity contribution in [2.45, 2.75) is 32.2 Å². The van der Waals surface area contributed by atoms with Gasteiger partial charge in [0.15, 0.2) is 0 Å². The first-order chi connectivity index (χ1) is 6.93. The van der Waals surface area contributed by atoms with E-state index in [1.54, 1.807) is 0 Å². The summed E-state index contributed by atoms with van der Waals surface area (Å²) < 4.78 is 0. The van der Waals surface area contributed by atoms with Crippen molar-refractivity contribution in [1.29, 1.82) is 0 Å². The van der Waals surface area contributed by atoms with Crippen molar-refractivity contribution in [3.05, 3.63) is 33.8 Å². The molecule has 2 unspecified atom stereocenters. The lowest BCUT2D eigenvalue weighted by Crippen LogP contribution is -2.52. The molecule has 3 heteroatoms. The zero-order valence-corrected chi connectivity index (χ0v) is 10.4. The van der Waals surface area contributed by atoms with E-state index in [4.69, 9.17) is 28.9 Å². The molecule has 1 aliphatic carbocycles. The van der Waals surface area contributed by atoms with Crippen LogP contribution in [-0.2, 0) is 0 Å². The third kappa shape index (κ3) is 1.77. The van der Waals surface area contributed by atoms with E-state index in [0.717, 1.165) is 22.0 Å². The largest absolute Gasteiger partial charge is 0.327 e. The Bertz CT molecular complexity index is 387. The third-order valence-electron chi connectivity index (χ3n) is 3.68. The fraction of sp³-hybridized carbons (Fsp3) is 0.500. The number of rotatable bonds is 1. The fourth-order valence-corrected chi connectivity index (χ4v) is 2.70. The van der Waals surface area contributed by atoms with Gasteiger partial charge in [0, 0.05) is 16.1 Å². The molecule has 0 aliphatic heterocycles. The first-order valence-electron chi connectivity index (χ1n) is 5.13. The highest BCUT2D eigenvalue weighted by Gasteiger charge is 2.47. The van der Waals surface area contributed by atoms with Gasteiger partial charge in [0.1, 0.15) is 0 Å². The van der Waals surface area contributed by atoms with Crippen LogP contribution < -0.4 is 5.73 Å². The number of hydrogen-bond donors (Lipinski definition) is 1. The lowest BCUT2D eigenvalue weighted by Gasteiger charge is -2.51. The second-order valence-electron chi connectivity index (χ2n) is 4.88. The van der Waals surface area contributed by atoms with Crippen LogP contribution in [-0.4, -0.2) is 6.04 Å². The van der Waals surface area contributed by atoms with Gasteiger partial charge in [-0.1, -0.05) is 37.0 Å². The summed E-state index contributed by atoms with van der Waals surface area (Å²) in [6.07, 6.45) is 0.993. The van der Waals surface area contributed by atoms with E-state index >= 15 is 0 Å². The monoisotopic (exact) mass is 243 g/mol. The molecule has 2 atom stereocenters. The van der Waals surface area contributed by atoms with Crippen LogP contribution in [0.5, 0.6) is 0 Å². The van der Waals surface area contributed by atoms with Gasteiger partial charge in [-0.3, -0.25) is 0 Å². The lowest BCUT2D eigenvalue weighted by molar-refractivity contribution is 0.0985. The van der Waals surface area contributed by atoms with Crippen LogP contribution in [0.1, 0.15) is 31.7 Å². The van der Waals surface area contributed by atoms with E-state index in [0.29, 0.717) is 5.92 Å². The van der Waals surface area contributed by atoms with Crippen LogP contribution in [0.3, 0.4) is 0 Å². The molecule has 1 saturated carbocycles. The standard InChI is InChI=1S/C12H15Cl2N/c1-12(2)9(6-11(12)15)8-5-7(13)3-4-10(8)14/h3-5,9,11H,6,15H2,1-2H3. The van der Waals surface area contributed by atoms with Crippen molar-refractivity contribution in [3.63, 3.8) is 0 Å². The summed E-state index contributed by atoms with van der Waals surface area (Å²) in [5, 5.41) is 1.54. The summed E-state index contributed by atoms with van der Waals surface area (Å²) in [7, 11) is 0. The Labute approximate surface area is 101 Å². The molecule has 0 heterocycles. The van der Waals surface area contributed by atoms with Crippen LogP contribution >= 0.6 is 23.2 Å². The average Bonchev–Trinajstić information content (AvgIpc) is 2.18. The fourth-order valence-electron chi connectivity index (χ4n) is 2.27. The Morgan fingerprint density at radius 1 is 1.33 bits per heavy atom. The molecule has 82 valence electrons. The predicted molar refractivity (Wildman–Crippen MR) is 65.6 cm³/mol.